The molecule has 4 aromatic heterocycles. The first-order chi connectivity index (χ1) is 33.7. The molecule has 0 bridgehead atoms. The molecule has 70 heavy (non-hydrogen) atoms. The molecular formula is C53H56ClN11O5. The van der Waals surface area contributed by atoms with Gasteiger partial charge >= 0.3 is 0 Å². The highest BCUT2D eigenvalue weighted by molar-refractivity contribution is 6.31. The van der Waals surface area contributed by atoms with Crippen LogP contribution in [0.1, 0.15) is 104 Å². The maximum absolute atomic E-state index is 13.5. The van der Waals surface area contributed by atoms with Crippen LogP contribution in [-0.4, -0.2) is 103 Å². The molecule has 7 heterocycles. The van der Waals surface area contributed by atoms with Crippen LogP contribution in [0.4, 0.5) is 5.95 Å². The molecule has 4 aliphatic rings. The van der Waals surface area contributed by atoms with Gasteiger partial charge in [0, 0.05) is 134 Å². The molecule has 16 nitrogen and oxygen atoms in total. The van der Waals surface area contributed by atoms with Gasteiger partial charge in [-0.3, -0.25) is 29.0 Å². The molecule has 3 aliphatic heterocycles. The van der Waals surface area contributed by atoms with Gasteiger partial charge < -0.3 is 29.9 Å². The van der Waals surface area contributed by atoms with Gasteiger partial charge in [0.05, 0.1) is 33.6 Å². The van der Waals surface area contributed by atoms with Crippen molar-refractivity contribution in [3.8, 4) is 34.3 Å². The molecule has 3 fully saturated rings. The van der Waals surface area contributed by atoms with E-state index in [-0.39, 0.29) is 42.0 Å². The molecule has 0 atom stereocenters. The van der Waals surface area contributed by atoms with Gasteiger partial charge in [-0.15, -0.1) is 0 Å². The number of aromatic nitrogens is 6. The first-order valence-corrected chi connectivity index (χ1v) is 24.4. The van der Waals surface area contributed by atoms with Crippen molar-refractivity contribution in [2.24, 2.45) is 10.8 Å². The molecule has 2 N–H and O–H groups in total. The number of carbonyl (C=O) groups excluding carboxylic acids is 3. The number of halogens is 1. The van der Waals surface area contributed by atoms with Gasteiger partial charge in [-0.1, -0.05) is 57.5 Å². The molecule has 1 aliphatic carbocycles. The minimum Gasteiger partial charge on any atom is -0.489 e. The van der Waals surface area contributed by atoms with E-state index < -0.39 is 10.8 Å². The van der Waals surface area contributed by atoms with Gasteiger partial charge in [0.2, 0.25) is 11.9 Å². The summed E-state index contributed by atoms with van der Waals surface area (Å²) in [7, 11) is 0. The zero-order valence-corrected chi connectivity index (χ0v) is 40.8. The van der Waals surface area contributed by atoms with Gasteiger partial charge in [-0.25, -0.2) is 9.97 Å². The molecule has 2 saturated heterocycles. The largest absolute Gasteiger partial charge is 0.489 e. The molecular weight excluding hydrogens is 906 g/mol. The highest BCUT2D eigenvalue weighted by Gasteiger charge is 2.64. The second-order valence-corrected chi connectivity index (χ2v) is 20.5. The van der Waals surface area contributed by atoms with Crippen molar-refractivity contribution >= 4 is 46.0 Å². The average Bonchev–Trinajstić information content (AvgIpc) is 3.76. The number of benzene rings is 2. The molecule has 360 valence electrons. The van der Waals surface area contributed by atoms with Crippen molar-refractivity contribution in [2.45, 2.75) is 97.5 Å². The van der Waals surface area contributed by atoms with Crippen molar-refractivity contribution in [2.75, 3.05) is 37.7 Å². The fourth-order valence-corrected chi connectivity index (χ4v) is 11.5. The Morgan fingerprint density at radius 3 is 2.30 bits per heavy atom. The van der Waals surface area contributed by atoms with E-state index in [1.54, 1.807) is 49.8 Å². The Balaban J connectivity index is 0.738. The minimum absolute atomic E-state index is 0.0539. The van der Waals surface area contributed by atoms with Crippen LogP contribution in [0.15, 0.2) is 79.4 Å². The number of hydrogen-bond donors (Lipinski definition) is 2. The maximum atomic E-state index is 13.5. The van der Waals surface area contributed by atoms with Gasteiger partial charge in [-0.05, 0) is 61.4 Å². The summed E-state index contributed by atoms with van der Waals surface area (Å²) in [6.07, 6.45) is 10.4. The number of ether oxygens (including phenoxy) is 2. The number of nitriles is 1. The zero-order valence-electron chi connectivity index (χ0n) is 40.0. The first kappa shape index (κ1) is 46.8. The summed E-state index contributed by atoms with van der Waals surface area (Å²) in [5, 5.41) is 23.2. The number of nitrogens with zero attached hydrogens (tertiary/aromatic N) is 9. The Morgan fingerprint density at radius 2 is 1.61 bits per heavy atom. The number of nitrogens with one attached hydrogen (secondary N) is 2. The maximum Gasteiger partial charge on any atom is 0.270 e. The summed E-state index contributed by atoms with van der Waals surface area (Å²) in [5.41, 5.74) is 5.96. The Bertz CT molecular complexity index is 3010. The van der Waals surface area contributed by atoms with Crippen molar-refractivity contribution in [1.82, 2.24) is 45.2 Å². The number of hydrogen-bond acceptors (Lipinski definition) is 12. The van der Waals surface area contributed by atoms with Crippen LogP contribution >= 0.6 is 11.6 Å². The van der Waals surface area contributed by atoms with E-state index in [9.17, 15) is 19.6 Å². The molecule has 0 spiro atoms. The molecule has 17 heteroatoms. The second kappa shape index (κ2) is 18.7. The Morgan fingerprint density at radius 1 is 0.857 bits per heavy atom. The summed E-state index contributed by atoms with van der Waals surface area (Å²) in [5.74, 6) is 0.649. The fourth-order valence-electron chi connectivity index (χ4n) is 11.3. The average molecular weight is 963 g/mol. The van der Waals surface area contributed by atoms with E-state index in [2.05, 4.69) is 81.1 Å². The van der Waals surface area contributed by atoms with Crippen molar-refractivity contribution in [3.63, 3.8) is 0 Å². The fraction of sp³-hybridized carbons (Fsp3) is 0.415. The quantitative estimate of drug-likeness (QED) is 0.136. The monoisotopic (exact) mass is 961 g/mol. The van der Waals surface area contributed by atoms with E-state index in [0.29, 0.717) is 85.8 Å². The third-order valence-corrected chi connectivity index (χ3v) is 15.1. The van der Waals surface area contributed by atoms with E-state index in [1.165, 1.54) is 5.69 Å². The van der Waals surface area contributed by atoms with Crippen LogP contribution in [0.2, 0.25) is 5.02 Å². The van der Waals surface area contributed by atoms with Crippen LogP contribution in [-0.2, 0) is 22.5 Å². The van der Waals surface area contributed by atoms with E-state index in [1.807, 2.05) is 29.3 Å². The van der Waals surface area contributed by atoms with E-state index in [0.717, 1.165) is 58.1 Å². The van der Waals surface area contributed by atoms with Crippen LogP contribution in [0, 0.1) is 22.2 Å². The number of piperidine rings is 1. The summed E-state index contributed by atoms with van der Waals surface area (Å²) in [4.78, 5) is 61.9. The van der Waals surface area contributed by atoms with E-state index >= 15 is 0 Å². The van der Waals surface area contributed by atoms with Crippen LogP contribution in [0.3, 0.4) is 0 Å². The van der Waals surface area contributed by atoms with Crippen molar-refractivity contribution in [1.29, 1.82) is 5.26 Å². The van der Waals surface area contributed by atoms with E-state index in [4.69, 9.17) is 31.2 Å². The van der Waals surface area contributed by atoms with Gasteiger partial charge in [0.25, 0.3) is 11.8 Å². The van der Waals surface area contributed by atoms with Crippen molar-refractivity contribution < 1.29 is 23.9 Å². The Kier molecular flexibility index (Phi) is 12.5. The number of rotatable bonds is 10. The summed E-state index contributed by atoms with van der Waals surface area (Å²) >= 11 is 6.26. The topological polar surface area (TPSA) is 193 Å². The Labute approximate surface area is 411 Å². The number of fused-ring (bicyclic) bond motifs is 2. The van der Waals surface area contributed by atoms with Crippen LogP contribution in [0.25, 0.3) is 33.3 Å². The van der Waals surface area contributed by atoms with Crippen molar-refractivity contribution in [3.05, 3.63) is 112 Å². The third kappa shape index (κ3) is 8.81. The predicted octanol–water partition coefficient (Wildman–Crippen LogP) is 7.74. The smallest absolute Gasteiger partial charge is 0.270 e. The lowest BCUT2D eigenvalue weighted by Gasteiger charge is -2.63. The standard InChI is InChI=1S/C53H56ClN11O5/c1-31(66)64-20-15-45-41(30-64)46(62-65(45)37-16-21-69-22-17-37)39-8-6-7-32-23-44(57-29-40(32)39)34-10-12-43(56-26-34)48(68)60-36-13-18-63(19-14-36)51-58-27-35(28-59-51)47(67)61-49-52(2,3)50(53(49,4)5)70-38-11-9-33(25-55)42(54)24-38/h6-12,23-24,26-29,36-37,49-50H,13-22,30H2,1-5H3,(H,60,68)(H,61,67). The summed E-state index contributed by atoms with van der Waals surface area (Å²) in [6, 6.07) is 18.9. The van der Waals surface area contributed by atoms with Crippen LogP contribution in [0.5, 0.6) is 5.75 Å². The molecule has 2 aromatic carbocycles. The molecule has 10 rings (SSSR count). The third-order valence-electron chi connectivity index (χ3n) is 14.8. The SMILES string of the molecule is CC(=O)N1CCc2c(c(-c3cccc4cc(-c5ccc(C(=O)NC6CCN(c7ncc(C(=O)NC8C(C)(C)C(Oc9ccc(C#N)c(Cl)c9)C8(C)C)cn7)CC6)nc5)ncc34)nn2C2CCOCC2)C1. The molecule has 6 aromatic rings. The lowest BCUT2D eigenvalue weighted by Crippen LogP contribution is -2.74. The number of pyridine rings is 2. The second-order valence-electron chi connectivity index (χ2n) is 20.1. The molecule has 0 unspecified atom stereocenters. The van der Waals surface area contributed by atoms with Crippen LogP contribution < -0.4 is 20.3 Å². The molecule has 0 radical (unpaired) electrons. The molecule has 3 amide bonds. The normalized spacial score (nSPS) is 20.0. The van der Waals surface area contributed by atoms with Gasteiger partial charge in [0.1, 0.15) is 23.6 Å². The Hall–Kier alpha value is -6.96. The highest BCUT2D eigenvalue weighted by Crippen LogP contribution is 2.55. The summed E-state index contributed by atoms with van der Waals surface area (Å²) in [6.45, 7) is 13.8. The lowest BCUT2D eigenvalue weighted by atomic mass is 9.49. The van der Waals surface area contributed by atoms with Gasteiger partial charge in [-0.2, -0.15) is 10.4 Å². The first-order valence-electron chi connectivity index (χ1n) is 24.0. The predicted molar refractivity (Wildman–Crippen MR) is 264 cm³/mol. The number of anilines is 1. The van der Waals surface area contributed by atoms with Gasteiger partial charge in [0.15, 0.2) is 0 Å². The lowest BCUT2D eigenvalue weighted by molar-refractivity contribution is -0.164. The highest BCUT2D eigenvalue weighted by atomic mass is 35.5. The number of amides is 3. The molecule has 1 saturated carbocycles. The zero-order chi connectivity index (χ0) is 48.9. The summed E-state index contributed by atoms with van der Waals surface area (Å²) < 4.78 is 14.2. The number of carbonyl (C=O) groups is 3. The minimum atomic E-state index is -0.413.